The van der Waals surface area contributed by atoms with Crippen LogP contribution in [-0.2, 0) is 13.1 Å². The first-order chi connectivity index (χ1) is 16.4. The summed E-state index contributed by atoms with van der Waals surface area (Å²) in [5, 5.41) is 5.28. The fraction of sp³-hybridized carbons (Fsp3) is 0.0769. The minimum atomic E-state index is -0.185. The molecule has 0 unspecified atom stereocenters. The second kappa shape index (κ2) is 9.65. The van der Waals surface area contributed by atoms with E-state index in [2.05, 4.69) is 48.8 Å². The number of pyridine rings is 1. The van der Waals surface area contributed by atoms with Gasteiger partial charge in [-0.2, -0.15) is 0 Å². The summed E-state index contributed by atoms with van der Waals surface area (Å²) in [5.41, 5.74) is 11.4. The van der Waals surface area contributed by atoms with E-state index in [1.165, 1.54) is 0 Å². The highest BCUT2D eigenvalue weighted by atomic mass is 127. The van der Waals surface area contributed by atoms with Gasteiger partial charge in [-0.1, -0.05) is 51.8 Å². The summed E-state index contributed by atoms with van der Waals surface area (Å²) in [4.78, 5) is 21.5. The van der Waals surface area contributed by atoms with Crippen LogP contribution < -0.4 is 11.1 Å². The van der Waals surface area contributed by atoms with E-state index in [0.717, 1.165) is 41.0 Å². The van der Waals surface area contributed by atoms with Gasteiger partial charge in [0.1, 0.15) is 0 Å². The molecule has 2 aromatic heterocycles. The van der Waals surface area contributed by atoms with Gasteiger partial charge in [-0.15, -0.1) is 0 Å². The molecule has 0 saturated heterocycles. The van der Waals surface area contributed by atoms with Gasteiger partial charge >= 0.3 is 0 Å². The second-order valence-electron chi connectivity index (χ2n) is 7.93. The molecule has 5 aromatic rings. The first-order valence-corrected chi connectivity index (χ1v) is 12.8. The third-order valence-corrected chi connectivity index (χ3v) is 7.11. The molecule has 5 rings (SSSR count). The fourth-order valence-electron chi connectivity index (χ4n) is 3.95. The highest BCUT2D eigenvalue weighted by Crippen LogP contribution is 2.34. The first kappa shape index (κ1) is 23.3. The Morgan fingerprint density at radius 1 is 1.06 bits per heavy atom. The Morgan fingerprint density at radius 3 is 2.59 bits per heavy atom. The topological polar surface area (TPSA) is 83.8 Å². The highest BCUT2D eigenvalue weighted by molar-refractivity contribution is 14.1. The molecule has 34 heavy (non-hydrogen) atoms. The molecular weight excluding hydrogens is 627 g/mol. The maximum Gasteiger partial charge on any atom is 0.252 e. The number of benzene rings is 3. The van der Waals surface area contributed by atoms with E-state index in [1.807, 2.05) is 66.9 Å². The number of amides is 1. The summed E-state index contributed by atoms with van der Waals surface area (Å²) in [6.07, 6.45) is 1.91. The maximum atomic E-state index is 13.4. The third-order valence-electron chi connectivity index (χ3n) is 5.71. The van der Waals surface area contributed by atoms with Gasteiger partial charge in [0.05, 0.1) is 21.8 Å². The number of carbonyl (C=O) groups excluding carboxylic acids is 1. The second-order valence-corrected chi connectivity index (χ2v) is 10.5. The summed E-state index contributed by atoms with van der Waals surface area (Å²) < 4.78 is 1.90. The zero-order valence-electron chi connectivity index (χ0n) is 17.8. The van der Waals surface area contributed by atoms with Crippen molar-refractivity contribution in [2.45, 2.75) is 13.1 Å². The Labute approximate surface area is 223 Å². The van der Waals surface area contributed by atoms with Crippen molar-refractivity contribution in [1.29, 1.82) is 0 Å². The number of rotatable bonds is 5. The van der Waals surface area contributed by atoms with E-state index in [4.69, 9.17) is 22.3 Å². The number of aromatic amines is 1. The predicted octanol–water partition coefficient (Wildman–Crippen LogP) is 6.79. The Morgan fingerprint density at radius 2 is 1.82 bits per heavy atom. The first-order valence-electron chi connectivity index (χ1n) is 10.6. The monoisotopic (exact) mass is 644 g/mol. The molecule has 0 spiro atoms. The summed E-state index contributed by atoms with van der Waals surface area (Å²) in [6, 6.07) is 19.5. The molecule has 0 aliphatic carbocycles. The van der Waals surface area contributed by atoms with Gasteiger partial charge in [-0.25, -0.2) is 4.98 Å². The van der Waals surface area contributed by atoms with Crippen LogP contribution in [0.4, 0.5) is 0 Å². The molecule has 4 N–H and O–H groups in total. The quantitative estimate of drug-likeness (QED) is 0.184. The minimum Gasteiger partial charge on any atom is -0.360 e. The average molecular weight is 646 g/mol. The number of nitrogens with two attached hydrogens (primary N) is 1. The van der Waals surface area contributed by atoms with Crippen molar-refractivity contribution in [3.05, 3.63) is 96.6 Å². The SMILES string of the molecule is NCc1ccc(CNC(=O)c2cc(-c3c[nH]c4ccc(Br)cc34)nc3c(Cl)cc(I)cc23)cc1. The predicted molar refractivity (Wildman–Crippen MR) is 150 cm³/mol. The molecule has 1 amide bonds. The standard InChI is InChI=1S/C26H19BrClIN4O/c27-16-5-6-23-18(7-16)21(13-31-23)24-10-20(19-8-17(29)9-22(28)25(19)33-24)26(34)32-12-15-3-1-14(11-30)2-4-15/h1-10,13,31H,11-12,30H2,(H,32,34). The van der Waals surface area contributed by atoms with Crippen LogP contribution in [0.3, 0.4) is 0 Å². The molecule has 0 fully saturated rings. The van der Waals surface area contributed by atoms with Crippen molar-refractivity contribution < 1.29 is 4.79 Å². The third kappa shape index (κ3) is 4.57. The number of hydrogen-bond donors (Lipinski definition) is 3. The summed E-state index contributed by atoms with van der Waals surface area (Å²) in [7, 11) is 0. The lowest BCUT2D eigenvalue weighted by Gasteiger charge is -2.12. The van der Waals surface area contributed by atoms with E-state index in [9.17, 15) is 4.79 Å². The summed E-state index contributed by atoms with van der Waals surface area (Å²) in [5.74, 6) is -0.185. The smallest absolute Gasteiger partial charge is 0.252 e. The van der Waals surface area contributed by atoms with Crippen molar-refractivity contribution in [2.24, 2.45) is 5.73 Å². The molecule has 2 heterocycles. The van der Waals surface area contributed by atoms with Crippen molar-refractivity contribution in [1.82, 2.24) is 15.3 Å². The van der Waals surface area contributed by atoms with Gasteiger partial charge < -0.3 is 16.0 Å². The van der Waals surface area contributed by atoms with Crippen LogP contribution in [0.5, 0.6) is 0 Å². The molecule has 0 radical (unpaired) electrons. The Kier molecular flexibility index (Phi) is 6.61. The van der Waals surface area contributed by atoms with Crippen molar-refractivity contribution >= 4 is 77.8 Å². The Bertz CT molecular complexity index is 1550. The lowest BCUT2D eigenvalue weighted by molar-refractivity contribution is 0.0952. The van der Waals surface area contributed by atoms with Crippen molar-refractivity contribution in [3.63, 3.8) is 0 Å². The number of nitrogens with zero attached hydrogens (tertiary/aromatic N) is 1. The molecule has 0 saturated carbocycles. The lowest BCUT2D eigenvalue weighted by atomic mass is 10.0. The molecule has 8 heteroatoms. The zero-order valence-corrected chi connectivity index (χ0v) is 22.3. The molecule has 0 aliphatic rings. The summed E-state index contributed by atoms with van der Waals surface area (Å²) in [6.45, 7) is 0.892. The van der Waals surface area contributed by atoms with E-state index in [-0.39, 0.29) is 5.91 Å². The van der Waals surface area contributed by atoms with E-state index in [1.54, 1.807) is 0 Å². The van der Waals surface area contributed by atoms with E-state index in [0.29, 0.717) is 34.9 Å². The van der Waals surface area contributed by atoms with Crippen LogP contribution in [0.15, 0.2) is 71.3 Å². The van der Waals surface area contributed by atoms with Crippen LogP contribution in [0.1, 0.15) is 21.5 Å². The zero-order chi connectivity index (χ0) is 23.8. The highest BCUT2D eigenvalue weighted by Gasteiger charge is 2.18. The molecule has 0 aliphatic heterocycles. The fourth-order valence-corrected chi connectivity index (χ4v) is 5.38. The number of carbonyl (C=O) groups is 1. The Balaban J connectivity index is 1.59. The van der Waals surface area contributed by atoms with Gasteiger partial charge in [-0.05, 0) is 70.1 Å². The van der Waals surface area contributed by atoms with Crippen LogP contribution in [0.25, 0.3) is 33.1 Å². The van der Waals surface area contributed by atoms with E-state index < -0.39 is 0 Å². The van der Waals surface area contributed by atoms with Gasteiger partial charge in [0.2, 0.25) is 0 Å². The normalized spacial score (nSPS) is 11.3. The van der Waals surface area contributed by atoms with Gasteiger partial charge in [-0.3, -0.25) is 4.79 Å². The Hall–Kier alpha value is -2.46. The minimum absolute atomic E-state index is 0.185. The van der Waals surface area contributed by atoms with Crippen LogP contribution in [0, 0.1) is 3.57 Å². The molecule has 0 bridgehead atoms. The van der Waals surface area contributed by atoms with Crippen molar-refractivity contribution in [2.75, 3.05) is 0 Å². The molecule has 170 valence electrons. The number of halogens is 3. The molecular formula is C26H19BrClIN4O. The van der Waals surface area contributed by atoms with Crippen LogP contribution in [-0.4, -0.2) is 15.9 Å². The molecule has 5 nitrogen and oxygen atoms in total. The maximum absolute atomic E-state index is 13.4. The van der Waals surface area contributed by atoms with Gasteiger partial charge in [0, 0.05) is 49.2 Å². The van der Waals surface area contributed by atoms with E-state index >= 15 is 0 Å². The number of fused-ring (bicyclic) bond motifs is 2. The lowest BCUT2D eigenvalue weighted by Crippen LogP contribution is -2.23. The van der Waals surface area contributed by atoms with Gasteiger partial charge in [0.15, 0.2) is 0 Å². The number of H-pyrrole nitrogens is 1. The summed E-state index contributed by atoms with van der Waals surface area (Å²) >= 11 is 12.3. The molecule has 3 aromatic carbocycles. The van der Waals surface area contributed by atoms with Crippen LogP contribution >= 0.6 is 50.1 Å². The molecule has 0 atom stereocenters. The number of aromatic nitrogens is 2. The van der Waals surface area contributed by atoms with Gasteiger partial charge in [0.25, 0.3) is 5.91 Å². The number of hydrogen-bond acceptors (Lipinski definition) is 3. The van der Waals surface area contributed by atoms with Crippen molar-refractivity contribution in [3.8, 4) is 11.3 Å². The average Bonchev–Trinajstić information content (AvgIpc) is 3.25. The van der Waals surface area contributed by atoms with Crippen LogP contribution in [0.2, 0.25) is 5.02 Å². The largest absolute Gasteiger partial charge is 0.360 e. The number of nitrogens with one attached hydrogen (secondary N) is 2.